The topological polar surface area (TPSA) is 55.0 Å². The van der Waals surface area contributed by atoms with Crippen LogP contribution in [0.4, 0.5) is 0 Å². The van der Waals surface area contributed by atoms with Gasteiger partial charge in [-0.1, -0.05) is 24.3 Å². The number of fused-ring (bicyclic) bond motifs is 1. The van der Waals surface area contributed by atoms with Gasteiger partial charge >= 0.3 is 0 Å². The van der Waals surface area contributed by atoms with Crippen LogP contribution in [0.3, 0.4) is 0 Å². The summed E-state index contributed by atoms with van der Waals surface area (Å²) < 4.78 is 5.59. The van der Waals surface area contributed by atoms with Crippen LogP contribution in [-0.2, 0) is 17.8 Å². The van der Waals surface area contributed by atoms with Crippen LogP contribution in [0.25, 0.3) is 0 Å². The van der Waals surface area contributed by atoms with Crippen LogP contribution in [0, 0.1) is 0 Å². The molecule has 0 bridgehead atoms. The second kappa shape index (κ2) is 6.12. The van der Waals surface area contributed by atoms with Gasteiger partial charge in [0.1, 0.15) is 10.3 Å². The summed E-state index contributed by atoms with van der Waals surface area (Å²) in [6.07, 6.45) is 3.22. The highest BCUT2D eigenvalue weighted by Gasteiger charge is 2.24. The van der Waals surface area contributed by atoms with Crippen molar-refractivity contribution in [2.45, 2.75) is 31.8 Å². The molecule has 0 saturated heterocycles. The standard InChI is InChI=1S/C16H17BrN2O2/c1-21-9-13-14(17)16(20)19-15(18-13)12-8-4-6-10-5-2-3-7-11(10)12/h2-3,5,7,12H,4,6,8-9H2,1H3,(H,18,19,20). The second-order valence-electron chi connectivity index (χ2n) is 5.29. The maximum Gasteiger partial charge on any atom is 0.265 e. The number of benzene rings is 1. The molecule has 1 unspecified atom stereocenters. The minimum Gasteiger partial charge on any atom is -0.378 e. The van der Waals surface area contributed by atoms with Crippen molar-refractivity contribution in [2.75, 3.05) is 7.11 Å². The number of methoxy groups -OCH3 is 1. The fourth-order valence-electron chi connectivity index (χ4n) is 2.96. The first-order valence-electron chi connectivity index (χ1n) is 7.06. The predicted octanol–water partition coefficient (Wildman–Crippen LogP) is 3.15. The number of H-pyrrole nitrogens is 1. The number of halogens is 1. The number of nitrogens with zero attached hydrogens (tertiary/aromatic N) is 1. The second-order valence-corrected chi connectivity index (χ2v) is 6.08. The Bertz CT molecular complexity index is 712. The van der Waals surface area contributed by atoms with E-state index in [4.69, 9.17) is 4.74 Å². The van der Waals surface area contributed by atoms with E-state index in [0.717, 1.165) is 25.1 Å². The summed E-state index contributed by atoms with van der Waals surface area (Å²) in [4.78, 5) is 19.6. The van der Waals surface area contributed by atoms with E-state index in [2.05, 4.69) is 44.1 Å². The van der Waals surface area contributed by atoms with Crippen molar-refractivity contribution in [1.29, 1.82) is 0 Å². The Morgan fingerprint density at radius 2 is 2.24 bits per heavy atom. The van der Waals surface area contributed by atoms with E-state index in [1.54, 1.807) is 7.11 Å². The Balaban J connectivity index is 2.08. The lowest BCUT2D eigenvalue weighted by atomic mass is 9.82. The van der Waals surface area contributed by atoms with E-state index in [1.165, 1.54) is 11.1 Å². The third kappa shape index (κ3) is 2.80. The van der Waals surface area contributed by atoms with Crippen molar-refractivity contribution < 1.29 is 4.74 Å². The largest absolute Gasteiger partial charge is 0.378 e. The number of aromatic nitrogens is 2. The van der Waals surface area contributed by atoms with Crippen LogP contribution in [0.2, 0.25) is 0 Å². The molecule has 4 nitrogen and oxygen atoms in total. The molecule has 21 heavy (non-hydrogen) atoms. The fourth-order valence-corrected chi connectivity index (χ4v) is 3.26. The number of hydrogen-bond acceptors (Lipinski definition) is 3. The summed E-state index contributed by atoms with van der Waals surface area (Å²) in [5, 5.41) is 0. The molecule has 1 heterocycles. The van der Waals surface area contributed by atoms with E-state index in [1.807, 2.05) is 6.07 Å². The highest BCUT2D eigenvalue weighted by atomic mass is 79.9. The van der Waals surface area contributed by atoms with E-state index in [-0.39, 0.29) is 11.5 Å². The van der Waals surface area contributed by atoms with Gasteiger partial charge < -0.3 is 9.72 Å². The molecule has 0 amide bonds. The zero-order valence-corrected chi connectivity index (χ0v) is 13.4. The van der Waals surface area contributed by atoms with Gasteiger partial charge in [-0.25, -0.2) is 4.98 Å². The van der Waals surface area contributed by atoms with Crippen LogP contribution in [0.15, 0.2) is 33.5 Å². The summed E-state index contributed by atoms with van der Waals surface area (Å²) in [5.41, 5.74) is 3.14. The van der Waals surface area contributed by atoms with Gasteiger partial charge in [-0.15, -0.1) is 0 Å². The minimum atomic E-state index is -0.143. The molecular formula is C16H17BrN2O2. The summed E-state index contributed by atoms with van der Waals surface area (Å²) >= 11 is 3.28. The van der Waals surface area contributed by atoms with Gasteiger partial charge in [-0.3, -0.25) is 4.79 Å². The fraction of sp³-hybridized carbons (Fsp3) is 0.375. The average molecular weight is 349 g/mol. The normalized spacial score (nSPS) is 17.5. The number of ether oxygens (including phenoxy) is 1. The molecule has 2 aromatic rings. The van der Waals surface area contributed by atoms with E-state index >= 15 is 0 Å². The molecule has 1 aromatic carbocycles. The zero-order valence-electron chi connectivity index (χ0n) is 11.9. The van der Waals surface area contributed by atoms with Crippen LogP contribution < -0.4 is 5.56 Å². The molecule has 0 fully saturated rings. The van der Waals surface area contributed by atoms with Gasteiger partial charge in [0.05, 0.1) is 12.3 Å². The maximum absolute atomic E-state index is 12.1. The Morgan fingerprint density at radius 3 is 3.05 bits per heavy atom. The van der Waals surface area contributed by atoms with E-state index < -0.39 is 0 Å². The van der Waals surface area contributed by atoms with Gasteiger partial charge in [0.2, 0.25) is 0 Å². The first-order valence-corrected chi connectivity index (χ1v) is 7.85. The molecule has 5 heteroatoms. The number of aromatic amines is 1. The van der Waals surface area contributed by atoms with E-state index in [0.29, 0.717) is 16.8 Å². The molecule has 3 rings (SSSR count). The molecule has 0 saturated carbocycles. The van der Waals surface area contributed by atoms with Gasteiger partial charge in [0.25, 0.3) is 5.56 Å². The number of aryl methyl sites for hydroxylation is 1. The first kappa shape index (κ1) is 14.5. The Hall–Kier alpha value is -1.46. The molecule has 1 aromatic heterocycles. The molecule has 0 radical (unpaired) electrons. The third-order valence-corrected chi connectivity index (χ3v) is 4.75. The van der Waals surface area contributed by atoms with Crippen molar-refractivity contribution in [3.63, 3.8) is 0 Å². The van der Waals surface area contributed by atoms with Crippen molar-refractivity contribution in [1.82, 2.24) is 9.97 Å². The van der Waals surface area contributed by atoms with Crippen LogP contribution in [-0.4, -0.2) is 17.1 Å². The van der Waals surface area contributed by atoms with Gasteiger partial charge in [0.15, 0.2) is 0 Å². The molecule has 1 aliphatic rings. The van der Waals surface area contributed by atoms with Gasteiger partial charge in [-0.2, -0.15) is 0 Å². The molecule has 0 spiro atoms. The number of nitrogens with one attached hydrogen (secondary N) is 1. The highest BCUT2D eigenvalue weighted by Crippen LogP contribution is 2.34. The molecule has 110 valence electrons. The lowest BCUT2D eigenvalue weighted by Crippen LogP contribution is -2.21. The summed E-state index contributed by atoms with van der Waals surface area (Å²) in [6.45, 7) is 0.325. The first-order chi connectivity index (χ1) is 10.2. The summed E-state index contributed by atoms with van der Waals surface area (Å²) in [5.74, 6) is 0.897. The predicted molar refractivity (Wildman–Crippen MR) is 84.5 cm³/mol. The molecular weight excluding hydrogens is 332 g/mol. The lowest BCUT2D eigenvalue weighted by molar-refractivity contribution is 0.180. The van der Waals surface area contributed by atoms with Crippen LogP contribution in [0.5, 0.6) is 0 Å². The van der Waals surface area contributed by atoms with Gasteiger partial charge in [0, 0.05) is 13.0 Å². The summed E-state index contributed by atoms with van der Waals surface area (Å²) in [7, 11) is 1.60. The van der Waals surface area contributed by atoms with Crippen molar-refractivity contribution >= 4 is 15.9 Å². The van der Waals surface area contributed by atoms with Crippen LogP contribution in [0.1, 0.15) is 41.4 Å². The lowest BCUT2D eigenvalue weighted by Gasteiger charge is -2.25. The smallest absolute Gasteiger partial charge is 0.265 e. The third-order valence-electron chi connectivity index (χ3n) is 3.93. The summed E-state index contributed by atoms with van der Waals surface area (Å²) in [6, 6.07) is 8.41. The number of hydrogen-bond donors (Lipinski definition) is 1. The van der Waals surface area contributed by atoms with Crippen LogP contribution >= 0.6 is 15.9 Å². The van der Waals surface area contributed by atoms with E-state index in [9.17, 15) is 4.79 Å². The molecule has 1 aliphatic carbocycles. The van der Waals surface area contributed by atoms with Crippen molar-refractivity contribution in [3.05, 3.63) is 61.7 Å². The molecule has 0 aliphatic heterocycles. The molecule has 1 N–H and O–H groups in total. The molecule has 1 atom stereocenters. The minimum absolute atomic E-state index is 0.143. The van der Waals surface area contributed by atoms with Crippen molar-refractivity contribution in [3.8, 4) is 0 Å². The average Bonchev–Trinajstić information content (AvgIpc) is 2.51. The van der Waals surface area contributed by atoms with Gasteiger partial charge in [-0.05, 0) is 46.3 Å². The maximum atomic E-state index is 12.1. The Labute approximate surface area is 131 Å². The number of rotatable bonds is 3. The highest BCUT2D eigenvalue weighted by molar-refractivity contribution is 9.10. The van der Waals surface area contributed by atoms with Crippen molar-refractivity contribution in [2.24, 2.45) is 0 Å². The Kier molecular flexibility index (Phi) is 4.22. The Morgan fingerprint density at radius 1 is 1.43 bits per heavy atom. The quantitative estimate of drug-likeness (QED) is 0.926. The SMILES string of the molecule is COCc1nc(C2CCCc3ccccc32)[nH]c(=O)c1Br. The monoisotopic (exact) mass is 348 g/mol. The zero-order chi connectivity index (χ0) is 14.8.